The Kier molecular flexibility index (Phi) is 5.61. The van der Waals surface area contributed by atoms with E-state index in [2.05, 4.69) is 15.8 Å². The minimum atomic E-state index is -0.290. The molecule has 0 aromatic heterocycles. The van der Waals surface area contributed by atoms with Crippen molar-refractivity contribution < 1.29 is 9.59 Å². The first-order valence-corrected chi connectivity index (χ1v) is 8.71. The van der Waals surface area contributed by atoms with Crippen LogP contribution >= 0.6 is 0 Å². The molecule has 0 bridgehead atoms. The molecule has 0 radical (unpaired) electrons. The van der Waals surface area contributed by atoms with Gasteiger partial charge < -0.3 is 5.32 Å². The number of hydrogen-bond acceptors (Lipinski definition) is 3. The first-order chi connectivity index (χ1) is 13.0. The highest BCUT2D eigenvalue weighted by Gasteiger charge is 2.09. The van der Waals surface area contributed by atoms with Crippen LogP contribution in [0.15, 0.2) is 71.8 Å². The molecule has 3 aromatic rings. The van der Waals surface area contributed by atoms with E-state index in [1.165, 1.54) is 0 Å². The Balaban J connectivity index is 1.62. The highest BCUT2D eigenvalue weighted by Crippen LogP contribution is 2.23. The van der Waals surface area contributed by atoms with Crippen molar-refractivity contribution in [1.29, 1.82) is 0 Å². The highest BCUT2D eigenvalue weighted by molar-refractivity contribution is 6.09. The lowest BCUT2D eigenvalue weighted by atomic mass is 10.1. The van der Waals surface area contributed by atoms with E-state index in [0.717, 1.165) is 22.0 Å². The Bertz CT molecular complexity index is 1020. The fourth-order valence-corrected chi connectivity index (χ4v) is 2.83. The molecular formula is C22H21N3O2. The number of carbonyl (C=O) groups excluding carboxylic acids is 2. The van der Waals surface area contributed by atoms with Crippen LogP contribution < -0.4 is 10.7 Å². The molecule has 0 unspecified atom stereocenters. The van der Waals surface area contributed by atoms with Crippen LogP contribution in [-0.2, 0) is 4.79 Å². The molecule has 3 rings (SSSR count). The van der Waals surface area contributed by atoms with Gasteiger partial charge in [-0.3, -0.25) is 9.59 Å². The molecule has 0 spiro atoms. The molecule has 2 amide bonds. The van der Waals surface area contributed by atoms with Crippen LogP contribution in [0.2, 0.25) is 0 Å². The Morgan fingerprint density at radius 1 is 0.926 bits per heavy atom. The van der Waals surface area contributed by atoms with Crippen LogP contribution in [0.5, 0.6) is 0 Å². The van der Waals surface area contributed by atoms with Crippen LogP contribution in [0.25, 0.3) is 10.8 Å². The number of carbonyl (C=O) groups is 2. The molecule has 0 aliphatic carbocycles. The summed E-state index contributed by atoms with van der Waals surface area (Å²) in [5.74, 6) is -0.473. The number of anilines is 1. The normalized spacial score (nSPS) is 11.3. The number of hydrazone groups is 1. The summed E-state index contributed by atoms with van der Waals surface area (Å²) in [6.07, 6.45) is 0.0945. The third kappa shape index (κ3) is 4.58. The van der Waals surface area contributed by atoms with Gasteiger partial charge in [0.1, 0.15) is 0 Å². The molecule has 0 aliphatic rings. The second-order valence-corrected chi connectivity index (χ2v) is 6.35. The number of nitrogens with zero attached hydrogens (tertiary/aromatic N) is 1. The Morgan fingerprint density at radius 2 is 1.63 bits per heavy atom. The summed E-state index contributed by atoms with van der Waals surface area (Å²) in [4.78, 5) is 24.5. The molecule has 5 heteroatoms. The largest absolute Gasteiger partial charge is 0.325 e. The number of benzene rings is 3. The van der Waals surface area contributed by atoms with Gasteiger partial charge in [-0.25, -0.2) is 5.43 Å². The molecule has 3 aromatic carbocycles. The van der Waals surface area contributed by atoms with Crippen LogP contribution in [0.3, 0.4) is 0 Å². The summed E-state index contributed by atoms with van der Waals surface area (Å²) in [6.45, 7) is 3.57. The van der Waals surface area contributed by atoms with Crippen molar-refractivity contribution in [3.05, 3.63) is 77.9 Å². The van der Waals surface area contributed by atoms with E-state index in [1.54, 1.807) is 19.1 Å². The van der Waals surface area contributed by atoms with Crippen LogP contribution in [0.4, 0.5) is 5.69 Å². The molecule has 27 heavy (non-hydrogen) atoms. The molecule has 0 saturated carbocycles. The molecule has 0 saturated heterocycles. The number of aryl methyl sites for hydroxylation is 1. The lowest BCUT2D eigenvalue weighted by Crippen LogP contribution is -2.22. The predicted octanol–water partition coefficient (Wildman–Crippen LogP) is 4.28. The van der Waals surface area contributed by atoms with Gasteiger partial charge in [0, 0.05) is 22.3 Å². The number of hydrogen-bond donors (Lipinski definition) is 2. The van der Waals surface area contributed by atoms with Crippen molar-refractivity contribution >= 4 is 34.0 Å². The van der Waals surface area contributed by atoms with Crippen molar-refractivity contribution in [3.63, 3.8) is 0 Å². The second-order valence-electron chi connectivity index (χ2n) is 6.35. The first kappa shape index (κ1) is 18.3. The van der Waals surface area contributed by atoms with E-state index < -0.39 is 0 Å². The average Bonchev–Trinajstić information content (AvgIpc) is 2.67. The lowest BCUT2D eigenvalue weighted by Gasteiger charge is -2.09. The predicted molar refractivity (Wildman–Crippen MR) is 109 cm³/mol. The van der Waals surface area contributed by atoms with E-state index in [-0.39, 0.29) is 18.2 Å². The molecule has 0 aliphatic heterocycles. The van der Waals surface area contributed by atoms with Crippen LogP contribution in [-0.4, -0.2) is 17.5 Å². The van der Waals surface area contributed by atoms with E-state index in [9.17, 15) is 9.59 Å². The minimum Gasteiger partial charge on any atom is -0.325 e. The van der Waals surface area contributed by atoms with E-state index in [4.69, 9.17) is 0 Å². The third-order valence-corrected chi connectivity index (χ3v) is 4.22. The number of nitrogens with one attached hydrogen (secondary N) is 2. The monoisotopic (exact) mass is 359 g/mol. The summed E-state index contributed by atoms with van der Waals surface area (Å²) in [5, 5.41) is 9.00. The van der Waals surface area contributed by atoms with E-state index >= 15 is 0 Å². The van der Waals surface area contributed by atoms with E-state index in [1.807, 2.05) is 61.5 Å². The van der Waals surface area contributed by atoms with Gasteiger partial charge in [-0.05, 0) is 36.9 Å². The molecular weight excluding hydrogens is 338 g/mol. The number of rotatable bonds is 5. The van der Waals surface area contributed by atoms with Gasteiger partial charge in [0.25, 0.3) is 5.91 Å². The highest BCUT2D eigenvalue weighted by atomic mass is 16.2. The van der Waals surface area contributed by atoms with Crippen molar-refractivity contribution in [2.45, 2.75) is 20.3 Å². The number of fused-ring (bicyclic) bond motifs is 1. The molecule has 0 heterocycles. The Hall–Kier alpha value is -3.47. The van der Waals surface area contributed by atoms with E-state index in [0.29, 0.717) is 11.3 Å². The van der Waals surface area contributed by atoms with Gasteiger partial charge in [-0.1, -0.05) is 54.6 Å². The van der Waals surface area contributed by atoms with Gasteiger partial charge in [0.2, 0.25) is 5.91 Å². The van der Waals surface area contributed by atoms with Crippen LogP contribution in [0, 0.1) is 6.92 Å². The fraction of sp³-hybridized carbons (Fsp3) is 0.136. The second kappa shape index (κ2) is 8.27. The molecule has 136 valence electrons. The summed E-state index contributed by atoms with van der Waals surface area (Å²) in [6, 6.07) is 20.9. The van der Waals surface area contributed by atoms with Gasteiger partial charge >= 0.3 is 0 Å². The van der Waals surface area contributed by atoms with Gasteiger partial charge in [-0.2, -0.15) is 5.10 Å². The van der Waals surface area contributed by atoms with Gasteiger partial charge in [0.15, 0.2) is 0 Å². The van der Waals surface area contributed by atoms with Crippen molar-refractivity contribution in [2.24, 2.45) is 5.10 Å². The standard InChI is InChI=1S/C22H21N3O2/c1-15-8-3-5-11-18(15)22(27)25-24-16(2)14-21(26)23-20-13-7-10-17-9-4-6-12-19(17)20/h3-13H,14H2,1-2H3,(H,23,26)(H,25,27). The van der Waals surface area contributed by atoms with Crippen molar-refractivity contribution in [2.75, 3.05) is 5.32 Å². The summed E-state index contributed by atoms with van der Waals surface area (Å²) >= 11 is 0. The summed E-state index contributed by atoms with van der Waals surface area (Å²) in [5.41, 5.74) is 5.23. The zero-order valence-electron chi connectivity index (χ0n) is 15.3. The fourth-order valence-electron chi connectivity index (χ4n) is 2.83. The van der Waals surface area contributed by atoms with Gasteiger partial charge in [0.05, 0.1) is 6.42 Å². The quantitative estimate of drug-likeness (QED) is 0.527. The number of amides is 2. The first-order valence-electron chi connectivity index (χ1n) is 8.71. The molecule has 2 N–H and O–H groups in total. The molecule has 0 atom stereocenters. The lowest BCUT2D eigenvalue weighted by molar-refractivity contribution is -0.115. The zero-order valence-corrected chi connectivity index (χ0v) is 15.3. The van der Waals surface area contributed by atoms with Crippen LogP contribution in [0.1, 0.15) is 29.3 Å². The topological polar surface area (TPSA) is 70.6 Å². The van der Waals surface area contributed by atoms with Gasteiger partial charge in [-0.15, -0.1) is 0 Å². The Labute approximate surface area is 158 Å². The van der Waals surface area contributed by atoms with Crippen molar-refractivity contribution in [1.82, 2.24) is 5.43 Å². The zero-order chi connectivity index (χ0) is 19.2. The minimum absolute atomic E-state index is 0.0945. The smallest absolute Gasteiger partial charge is 0.271 e. The average molecular weight is 359 g/mol. The molecule has 0 fully saturated rings. The molecule has 5 nitrogen and oxygen atoms in total. The van der Waals surface area contributed by atoms with Crippen molar-refractivity contribution in [3.8, 4) is 0 Å². The maximum Gasteiger partial charge on any atom is 0.271 e. The summed E-state index contributed by atoms with van der Waals surface area (Å²) in [7, 11) is 0. The SMILES string of the molecule is CC(CC(=O)Nc1cccc2ccccc12)=NNC(=O)c1ccccc1C. The summed E-state index contributed by atoms with van der Waals surface area (Å²) < 4.78 is 0. The maximum atomic E-state index is 12.3. The third-order valence-electron chi connectivity index (χ3n) is 4.22. The Morgan fingerprint density at radius 3 is 2.44 bits per heavy atom. The maximum absolute atomic E-state index is 12.3.